The van der Waals surface area contributed by atoms with Crippen molar-refractivity contribution in [2.24, 2.45) is 0 Å². The molecule has 3 nitrogen and oxygen atoms in total. The van der Waals surface area contributed by atoms with E-state index in [-0.39, 0.29) is 5.01 Å². The number of thiazole rings is 1. The molecular formula is C8H4ClNO2S2. The summed E-state index contributed by atoms with van der Waals surface area (Å²) < 4.78 is 0.671. The van der Waals surface area contributed by atoms with E-state index in [0.29, 0.717) is 10.0 Å². The minimum atomic E-state index is -0.996. The molecule has 0 amide bonds. The first kappa shape index (κ1) is 9.64. The number of thiophene rings is 1. The van der Waals surface area contributed by atoms with E-state index in [4.69, 9.17) is 16.7 Å². The maximum atomic E-state index is 10.6. The zero-order valence-corrected chi connectivity index (χ0v) is 9.12. The molecule has 0 aliphatic heterocycles. The molecule has 6 heteroatoms. The van der Waals surface area contributed by atoms with E-state index in [1.54, 1.807) is 11.4 Å². The molecule has 2 aromatic heterocycles. The Kier molecular flexibility index (Phi) is 2.54. The second-order valence-electron chi connectivity index (χ2n) is 2.45. The molecule has 72 valence electrons. The third-order valence-corrected chi connectivity index (χ3v) is 3.60. The lowest BCUT2D eigenvalue weighted by Crippen LogP contribution is -1.93. The van der Waals surface area contributed by atoms with Gasteiger partial charge in [0, 0.05) is 5.38 Å². The summed E-state index contributed by atoms with van der Waals surface area (Å²) in [5.74, 6) is -0.996. The van der Waals surface area contributed by atoms with Crippen LogP contribution in [0.25, 0.3) is 10.6 Å². The molecule has 0 aromatic carbocycles. The molecule has 0 spiro atoms. The van der Waals surface area contributed by atoms with E-state index in [1.165, 1.54) is 11.3 Å². The standard InChI is InChI=1S/C8H4ClNO2S2/c9-6-2-1-5(14-6)4-3-13-7(10-4)8(11)12/h1-3H,(H,11,12). The highest BCUT2D eigenvalue weighted by molar-refractivity contribution is 7.19. The zero-order valence-electron chi connectivity index (χ0n) is 6.73. The summed E-state index contributed by atoms with van der Waals surface area (Å²) in [6.07, 6.45) is 0. The lowest BCUT2D eigenvalue weighted by molar-refractivity contribution is 0.0696. The minimum absolute atomic E-state index is 0.101. The van der Waals surface area contributed by atoms with E-state index in [9.17, 15) is 4.79 Å². The Bertz CT molecular complexity index is 477. The number of carboxylic acid groups (broad SMARTS) is 1. The van der Waals surface area contributed by atoms with Crippen molar-refractivity contribution in [3.63, 3.8) is 0 Å². The lowest BCUT2D eigenvalue weighted by atomic mass is 10.4. The van der Waals surface area contributed by atoms with Crippen molar-refractivity contribution in [2.45, 2.75) is 0 Å². The Morgan fingerprint density at radius 2 is 2.29 bits per heavy atom. The van der Waals surface area contributed by atoms with Gasteiger partial charge in [-0.05, 0) is 12.1 Å². The predicted molar refractivity (Wildman–Crippen MR) is 57.4 cm³/mol. The molecule has 0 aliphatic carbocycles. The number of rotatable bonds is 2. The zero-order chi connectivity index (χ0) is 10.1. The Balaban J connectivity index is 2.38. The van der Waals surface area contributed by atoms with Crippen molar-refractivity contribution in [3.05, 3.63) is 26.9 Å². The minimum Gasteiger partial charge on any atom is -0.476 e. The van der Waals surface area contributed by atoms with Crippen LogP contribution in [0.4, 0.5) is 0 Å². The number of hydrogen-bond acceptors (Lipinski definition) is 4. The fraction of sp³-hybridized carbons (Fsp3) is 0. The van der Waals surface area contributed by atoms with E-state index in [1.807, 2.05) is 6.07 Å². The van der Waals surface area contributed by atoms with E-state index >= 15 is 0 Å². The van der Waals surface area contributed by atoms with Crippen LogP contribution < -0.4 is 0 Å². The highest BCUT2D eigenvalue weighted by Gasteiger charge is 2.11. The van der Waals surface area contributed by atoms with Gasteiger partial charge in [0.15, 0.2) is 0 Å². The third-order valence-electron chi connectivity index (χ3n) is 1.51. The normalized spacial score (nSPS) is 10.4. The molecular weight excluding hydrogens is 242 g/mol. The third kappa shape index (κ3) is 1.79. The van der Waals surface area contributed by atoms with Crippen molar-refractivity contribution >= 4 is 40.2 Å². The lowest BCUT2D eigenvalue weighted by Gasteiger charge is -1.86. The van der Waals surface area contributed by atoms with Crippen molar-refractivity contribution in [1.82, 2.24) is 4.98 Å². The van der Waals surface area contributed by atoms with Crippen molar-refractivity contribution in [1.29, 1.82) is 0 Å². The Morgan fingerprint density at radius 1 is 1.50 bits per heavy atom. The molecule has 2 aromatic rings. The number of carbonyl (C=O) groups is 1. The largest absolute Gasteiger partial charge is 0.476 e. The number of aromatic carboxylic acids is 1. The number of carboxylic acids is 1. The van der Waals surface area contributed by atoms with Crippen LogP contribution >= 0.6 is 34.3 Å². The SMILES string of the molecule is O=C(O)c1nc(-c2ccc(Cl)s2)cs1. The maximum Gasteiger partial charge on any atom is 0.365 e. The van der Waals surface area contributed by atoms with Crippen LogP contribution in [0.15, 0.2) is 17.5 Å². The van der Waals surface area contributed by atoms with Gasteiger partial charge in [-0.1, -0.05) is 11.6 Å². The molecule has 0 atom stereocenters. The summed E-state index contributed by atoms with van der Waals surface area (Å²) >= 11 is 8.25. The van der Waals surface area contributed by atoms with Crippen LogP contribution in [-0.4, -0.2) is 16.1 Å². The predicted octanol–water partition coefficient (Wildman–Crippen LogP) is 3.22. The fourth-order valence-corrected chi connectivity index (χ4v) is 2.67. The molecule has 0 bridgehead atoms. The van der Waals surface area contributed by atoms with E-state index in [0.717, 1.165) is 16.2 Å². The molecule has 0 aliphatic rings. The molecule has 2 heterocycles. The smallest absolute Gasteiger partial charge is 0.365 e. The molecule has 0 saturated heterocycles. The van der Waals surface area contributed by atoms with Crippen LogP contribution in [0.2, 0.25) is 4.34 Å². The van der Waals surface area contributed by atoms with Gasteiger partial charge in [-0.2, -0.15) is 0 Å². The van der Waals surface area contributed by atoms with Gasteiger partial charge >= 0.3 is 5.97 Å². The Morgan fingerprint density at radius 3 is 2.79 bits per heavy atom. The average Bonchev–Trinajstić information content (AvgIpc) is 2.70. The summed E-state index contributed by atoms with van der Waals surface area (Å²) in [7, 11) is 0. The Hall–Kier alpha value is -0.910. The van der Waals surface area contributed by atoms with Crippen molar-refractivity contribution in [2.75, 3.05) is 0 Å². The highest BCUT2D eigenvalue weighted by Crippen LogP contribution is 2.31. The monoisotopic (exact) mass is 245 g/mol. The van der Waals surface area contributed by atoms with Crippen LogP contribution in [0, 0.1) is 0 Å². The molecule has 0 radical (unpaired) electrons. The number of aromatic nitrogens is 1. The van der Waals surface area contributed by atoms with Gasteiger partial charge in [-0.15, -0.1) is 22.7 Å². The summed E-state index contributed by atoms with van der Waals surface area (Å²) in [4.78, 5) is 15.4. The van der Waals surface area contributed by atoms with Gasteiger partial charge in [0.2, 0.25) is 5.01 Å². The highest BCUT2D eigenvalue weighted by atomic mass is 35.5. The van der Waals surface area contributed by atoms with Crippen molar-refractivity contribution in [3.8, 4) is 10.6 Å². The first-order chi connectivity index (χ1) is 6.66. The van der Waals surface area contributed by atoms with Gasteiger partial charge < -0.3 is 5.11 Å². The Labute approximate surface area is 92.6 Å². The first-order valence-electron chi connectivity index (χ1n) is 3.61. The molecule has 1 N–H and O–H groups in total. The molecule has 0 saturated carbocycles. The quantitative estimate of drug-likeness (QED) is 0.884. The average molecular weight is 246 g/mol. The maximum absolute atomic E-state index is 10.6. The molecule has 0 fully saturated rings. The fourth-order valence-electron chi connectivity index (χ4n) is 0.937. The number of halogens is 1. The number of hydrogen-bond donors (Lipinski definition) is 1. The summed E-state index contributed by atoms with van der Waals surface area (Å²) in [5, 5.41) is 10.5. The van der Waals surface area contributed by atoms with Crippen LogP contribution in [-0.2, 0) is 0 Å². The molecule has 0 unspecified atom stereocenters. The van der Waals surface area contributed by atoms with Crippen LogP contribution in [0.1, 0.15) is 9.80 Å². The van der Waals surface area contributed by atoms with E-state index < -0.39 is 5.97 Å². The second kappa shape index (κ2) is 3.68. The van der Waals surface area contributed by atoms with Gasteiger partial charge in [0.05, 0.1) is 14.9 Å². The second-order valence-corrected chi connectivity index (χ2v) is 5.02. The van der Waals surface area contributed by atoms with Gasteiger partial charge in [-0.3, -0.25) is 0 Å². The van der Waals surface area contributed by atoms with Crippen LogP contribution in [0.5, 0.6) is 0 Å². The van der Waals surface area contributed by atoms with Crippen molar-refractivity contribution < 1.29 is 9.90 Å². The van der Waals surface area contributed by atoms with E-state index in [2.05, 4.69) is 4.98 Å². The summed E-state index contributed by atoms with van der Waals surface area (Å²) in [5.41, 5.74) is 0.671. The first-order valence-corrected chi connectivity index (χ1v) is 5.69. The molecule has 2 rings (SSSR count). The van der Waals surface area contributed by atoms with Crippen LogP contribution in [0.3, 0.4) is 0 Å². The van der Waals surface area contributed by atoms with Gasteiger partial charge in [0.1, 0.15) is 0 Å². The van der Waals surface area contributed by atoms with Gasteiger partial charge in [-0.25, -0.2) is 9.78 Å². The number of nitrogens with zero attached hydrogens (tertiary/aromatic N) is 1. The van der Waals surface area contributed by atoms with Gasteiger partial charge in [0.25, 0.3) is 0 Å². The topological polar surface area (TPSA) is 50.2 Å². The molecule has 14 heavy (non-hydrogen) atoms. The summed E-state index contributed by atoms with van der Waals surface area (Å²) in [6.45, 7) is 0. The summed E-state index contributed by atoms with van der Waals surface area (Å²) in [6, 6.07) is 3.59.